The van der Waals surface area contributed by atoms with Crippen molar-refractivity contribution < 1.29 is 0 Å². The molecule has 1 N–H and O–H groups in total. The lowest BCUT2D eigenvalue weighted by Crippen LogP contribution is -2.28. The van der Waals surface area contributed by atoms with Gasteiger partial charge in [-0.3, -0.25) is 4.90 Å². The van der Waals surface area contributed by atoms with Crippen molar-refractivity contribution in [3.63, 3.8) is 0 Å². The molecule has 0 amide bonds. The number of aromatic nitrogens is 2. The molecule has 2 heterocycles. The summed E-state index contributed by atoms with van der Waals surface area (Å²) in [5.74, 6) is 1.03. The van der Waals surface area contributed by atoms with E-state index in [1.807, 2.05) is 6.20 Å². The second-order valence-corrected chi connectivity index (χ2v) is 5.61. The Kier molecular flexibility index (Phi) is 2.82. The van der Waals surface area contributed by atoms with Crippen molar-refractivity contribution in [1.82, 2.24) is 14.5 Å². The summed E-state index contributed by atoms with van der Waals surface area (Å²) in [4.78, 5) is 7.05. The highest BCUT2D eigenvalue weighted by atomic mass is 15.3. The molecule has 2 aliphatic rings. The van der Waals surface area contributed by atoms with Crippen LogP contribution in [0.2, 0.25) is 0 Å². The number of nitrogens with zero attached hydrogens (tertiary/aromatic N) is 3. The standard InChI is InChI=1S/C13H22N4/c1-10(2)17-8-6-14-13(17)15-11-5-7-16(9-11)12-3-4-12/h6,8,10-12H,3-5,7,9H2,1-2H3,(H,14,15). The minimum Gasteiger partial charge on any atom is -0.352 e. The lowest BCUT2D eigenvalue weighted by molar-refractivity contribution is 0.326. The fourth-order valence-corrected chi connectivity index (χ4v) is 2.70. The molecule has 0 radical (unpaired) electrons. The Morgan fingerprint density at radius 1 is 1.35 bits per heavy atom. The summed E-state index contributed by atoms with van der Waals surface area (Å²) in [6, 6.07) is 1.95. The molecule has 0 spiro atoms. The van der Waals surface area contributed by atoms with E-state index in [2.05, 4.69) is 39.8 Å². The van der Waals surface area contributed by atoms with Gasteiger partial charge in [0.2, 0.25) is 5.95 Å². The lowest BCUT2D eigenvalue weighted by atomic mass is 10.3. The Morgan fingerprint density at radius 3 is 2.88 bits per heavy atom. The highest BCUT2D eigenvalue weighted by molar-refractivity contribution is 5.29. The summed E-state index contributed by atoms with van der Waals surface area (Å²) in [7, 11) is 0. The van der Waals surface area contributed by atoms with Gasteiger partial charge in [0.1, 0.15) is 0 Å². The fraction of sp³-hybridized carbons (Fsp3) is 0.769. The zero-order chi connectivity index (χ0) is 11.8. The van der Waals surface area contributed by atoms with Crippen LogP contribution in [0.1, 0.15) is 39.2 Å². The average Bonchev–Trinajstić information content (AvgIpc) is 2.87. The zero-order valence-electron chi connectivity index (χ0n) is 10.8. The maximum Gasteiger partial charge on any atom is 0.203 e. The van der Waals surface area contributed by atoms with Crippen LogP contribution in [0.15, 0.2) is 12.4 Å². The Labute approximate surface area is 103 Å². The Bertz CT molecular complexity index is 381. The largest absolute Gasteiger partial charge is 0.352 e. The molecule has 1 aromatic heterocycles. The fourth-order valence-electron chi connectivity index (χ4n) is 2.70. The van der Waals surface area contributed by atoms with Crippen LogP contribution in [0.4, 0.5) is 5.95 Å². The van der Waals surface area contributed by atoms with Gasteiger partial charge in [-0.15, -0.1) is 0 Å². The molecule has 1 saturated carbocycles. The van der Waals surface area contributed by atoms with E-state index in [-0.39, 0.29) is 0 Å². The third-order valence-corrected chi connectivity index (χ3v) is 3.84. The minimum absolute atomic E-state index is 0.473. The van der Waals surface area contributed by atoms with Gasteiger partial charge in [-0.1, -0.05) is 0 Å². The van der Waals surface area contributed by atoms with Gasteiger partial charge >= 0.3 is 0 Å². The predicted molar refractivity (Wildman–Crippen MR) is 69.2 cm³/mol. The number of likely N-dealkylation sites (tertiary alicyclic amines) is 1. The highest BCUT2D eigenvalue weighted by Gasteiger charge is 2.34. The molecule has 0 aromatic carbocycles. The van der Waals surface area contributed by atoms with E-state index in [1.165, 1.54) is 32.4 Å². The van der Waals surface area contributed by atoms with E-state index in [0.717, 1.165) is 12.0 Å². The van der Waals surface area contributed by atoms with Crippen molar-refractivity contribution in [1.29, 1.82) is 0 Å². The molecule has 1 atom stereocenters. The summed E-state index contributed by atoms with van der Waals surface area (Å²) in [5, 5.41) is 3.59. The predicted octanol–water partition coefficient (Wildman–Crippen LogP) is 2.11. The van der Waals surface area contributed by atoms with E-state index in [9.17, 15) is 0 Å². The van der Waals surface area contributed by atoms with Crippen LogP contribution in [-0.2, 0) is 0 Å². The van der Waals surface area contributed by atoms with E-state index in [1.54, 1.807) is 0 Å². The Morgan fingerprint density at radius 2 is 2.18 bits per heavy atom. The van der Waals surface area contributed by atoms with Crippen LogP contribution in [-0.4, -0.2) is 39.6 Å². The van der Waals surface area contributed by atoms with Crippen molar-refractivity contribution in [2.45, 2.75) is 51.2 Å². The van der Waals surface area contributed by atoms with Crippen molar-refractivity contribution in [3.8, 4) is 0 Å². The molecule has 1 unspecified atom stereocenters. The molecule has 1 aromatic rings. The van der Waals surface area contributed by atoms with Crippen LogP contribution < -0.4 is 5.32 Å². The SMILES string of the molecule is CC(C)n1ccnc1NC1CCN(C2CC2)C1. The smallest absolute Gasteiger partial charge is 0.203 e. The van der Waals surface area contributed by atoms with Gasteiger partial charge in [0, 0.05) is 43.6 Å². The maximum atomic E-state index is 4.42. The first-order valence-electron chi connectivity index (χ1n) is 6.77. The van der Waals surface area contributed by atoms with Gasteiger partial charge in [0.15, 0.2) is 0 Å². The van der Waals surface area contributed by atoms with Crippen molar-refractivity contribution in [3.05, 3.63) is 12.4 Å². The summed E-state index contributed by atoms with van der Waals surface area (Å²) >= 11 is 0. The van der Waals surface area contributed by atoms with Gasteiger partial charge in [0.25, 0.3) is 0 Å². The summed E-state index contributed by atoms with van der Waals surface area (Å²) < 4.78 is 2.21. The first-order chi connectivity index (χ1) is 8.24. The molecule has 4 nitrogen and oxygen atoms in total. The third kappa shape index (κ3) is 2.32. The molecular formula is C13H22N4. The quantitative estimate of drug-likeness (QED) is 0.866. The molecule has 1 saturated heterocycles. The maximum absolute atomic E-state index is 4.42. The van der Waals surface area contributed by atoms with E-state index >= 15 is 0 Å². The van der Waals surface area contributed by atoms with Crippen LogP contribution in [0.3, 0.4) is 0 Å². The van der Waals surface area contributed by atoms with Crippen molar-refractivity contribution >= 4 is 5.95 Å². The van der Waals surface area contributed by atoms with Crippen LogP contribution in [0, 0.1) is 0 Å². The first kappa shape index (κ1) is 11.1. The van der Waals surface area contributed by atoms with Crippen LogP contribution >= 0.6 is 0 Å². The Hall–Kier alpha value is -1.03. The summed E-state index contributed by atoms with van der Waals surface area (Å²) in [6.07, 6.45) is 8.01. The number of imidazole rings is 1. The average molecular weight is 234 g/mol. The number of hydrogen-bond donors (Lipinski definition) is 1. The molecule has 1 aliphatic carbocycles. The molecule has 94 valence electrons. The second kappa shape index (κ2) is 4.33. The number of nitrogens with one attached hydrogen (secondary N) is 1. The summed E-state index contributed by atoms with van der Waals surface area (Å²) in [6.45, 7) is 6.83. The van der Waals surface area contributed by atoms with E-state index in [0.29, 0.717) is 12.1 Å². The Balaban J connectivity index is 1.61. The minimum atomic E-state index is 0.473. The van der Waals surface area contributed by atoms with Gasteiger partial charge in [-0.2, -0.15) is 0 Å². The number of rotatable bonds is 4. The molecule has 3 rings (SSSR count). The number of anilines is 1. The van der Waals surface area contributed by atoms with Gasteiger partial charge in [-0.05, 0) is 33.1 Å². The molecule has 0 bridgehead atoms. The summed E-state index contributed by atoms with van der Waals surface area (Å²) in [5.41, 5.74) is 0. The van der Waals surface area contributed by atoms with Gasteiger partial charge in [0.05, 0.1) is 0 Å². The van der Waals surface area contributed by atoms with Crippen molar-refractivity contribution in [2.24, 2.45) is 0 Å². The van der Waals surface area contributed by atoms with Gasteiger partial charge in [-0.25, -0.2) is 4.98 Å². The van der Waals surface area contributed by atoms with E-state index < -0.39 is 0 Å². The molecule has 4 heteroatoms. The molecule has 17 heavy (non-hydrogen) atoms. The van der Waals surface area contributed by atoms with Crippen LogP contribution in [0.25, 0.3) is 0 Å². The topological polar surface area (TPSA) is 33.1 Å². The monoisotopic (exact) mass is 234 g/mol. The lowest BCUT2D eigenvalue weighted by Gasteiger charge is -2.18. The van der Waals surface area contributed by atoms with Crippen molar-refractivity contribution in [2.75, 3.05) is 18.4 Å². The first-order valence-corrected chi connectivity index (χ1v) is 6.77. The second-order valence-electron chi connectivity index (χ2n) is 5.61. The molecule has 2 fully saturated rings. The van der Waals surface area contributed by atoms with Gasteiger partial charge < -0.3 is 9.88 Å². The van der Waals surface area contributed by atoms with E-state index in [4.69, 9.17) is 0 Å². The normalized spacial score (nSPS) is 25.7. The molecular weight excluding hydrogens is 212 g/mol. The molecule has 1 aliphatic heterocycles. The zero-order valence-corrected chi connectivity index (χ0v) is 10.8. The van der Waals surface area contributed by atoms with Crippen LogP contribution in [0.5, 0.6) is 0 Å². The highest BCUT2D eigenvalue weighted by Crippen LogP contribution is 2.30. The third-order valence-electron chi connectivity index (χ3n) is 3.84. The number of hydrogen-bond acceptors (Lipinski definition) is 3.